The molecule has 34 heavy (non-hydrogen) atoms. The Bertz CT molecular complexity index is 1130. The van der Waals surface area contributed by atoms with Crippen LogP contribution in [0.25, 0.3) is 11.1 Å². The lowest BCUT2D eigenvalue weighted by Crippen LogP contribution is -2.24. The van der Waals surface area contributed by atoms with Gasteiger partial charge in [0.1, 0.15) is 18.0 Å². The van der Waals surface area contributed by atoms with Crippen LogP contribution in [-0.4, -0.2) is 36.8 Å². The van der Waals surface area contributed by atoms with Crippen LogP contribution in [0.1, 0.15) is 36.7 Å². The highest BCUT2D eigenvalue weighted by Gasteiger charge is 2.19. The predicted molar refractivity (Wildman–Crippen MR) is 135 cm³/mol. The predicted octanol–water partition coefficient (Wildman–Crippen LogP) is 6.19. The van der Waals surface area contributed by atoms with Crippen LogP contribution in [0.4, 0.5) is 0 Å². The number of amides is 1. The molecule has 0 atom stereocenters. The third kappa shape index (κ3) is 6.86. The zero-order valence-electron chi connectivity index (χ0n) is 19.7. The van der Waals surface area contributed by atoms with Crippen LogP contribution < -0.4 is 14.8 Å². The molecule has 0 fully saturated rings. The zero-order valence-corrected chi connectivity index (χ0v) is 21.2. The average molecular weight is 503 g/mol. The van der Waals surface area contributed by atoms with Gasteiger partial charge in [-0.25, -0.2) is 4.98 Å². The van der Waals surface area contributed by atoms with Crippen LogP contribution in [0.15, 0.2) is 54.7 Å². The maximum absolute atomic E-state index is 12.8. The molecule has 8 heteroatoms. The molecule has 0 unspecified atom stereocenters. The molecule has 0 saturated heterocycles. The molecule has 0 saturated carbocycles. The first kappa shape index (κ1) is 25.8. The molecule has 180 valence electrons. The quantitative estimate of drug-likeness (QED) is 0.353. The molecule has 1 amide bonds. The van der Waals surface area contributed by atoms with E-state index >= 15 is 0 Å². The van der Waals surface area contributed by atoms with E-state index < -0.39 is 0 Å². The molecular weight excluding hydrogens is 475 g/mol. The van der Waals surface area contributed by atoms with Gasteiger partial charge in [0.05, 0.1) is 22.2 Å². The third-order valence-electron chi connectivity index (χ3n) is 4.72. The maximum Gasteiger partial charge on any atom is 0.254 e. The molecule has 0 aliphatic carbocycles. The highest BCUT2D eigenvalue weighted by atomic mass is 35.5. The Kier molecular flexibility index (Phi) is 8.78. The summed E-state index contributed by atoms with van der Waals surface area (Å²) in [6.07, 6.45) is 1.71. The van der Waals surface area contributed by atoms with E-state index in [2.05, 4.69) is 10.3 Å². The van der Waals surface area contributed by atoms with Crippen LogP contribution in [0.3, 0.4) is 0 Å². The lowest BCUT2D eigenvalue weighted by molar-refractivity contribution is 0.0950. The van der Waals surface area contributed by atoms with Crippen molar-refractivity contribution in [2.45, 2.75) is 32.9 Å². The minimum atomic E-state index is -0.385. The van der Waals surface area contributed by atoms with E-state index in [4.69, 9.17) is 37.4 Å². The Morgan fingerprint density at radius 1 is 1.03 bits per heavy atom. The third-order valence-corrected chi connectivity index (χ3v) is 5.41. The van der Waals surface area contributed by atoms with Crippen LogP contribution >= 0.6 is 23.2 Å². The second kappa shape index (κ2) is 11.6. The number of hydrogen-bond acceptors (Lipinski definition) is 5. The molecule has 1 heterocycles. The van der Waals surface area contributed by atoms with Gasteiger partial charge in [-0.2, -0.15) is 0 Å². The van der Waals surface area contributed by atoms with Gasteiger partial charge in [-0.1, -0.05) is 47.5 Å². The molecule has 0 radical (unpaired) electrons. The van der Waals surface area contributed by atoms with E-state index in [1.165, 1.54) is 0 Å². The van der Waals surface area contributed by atoms with Crippen LogP contribution in [-0.2, 0) is 11.3 Å². The molecule has 0 spiro atoms. The summed E-state index contributed by atoms with van der Waals surface area (Å²) in [5.74, 6) is 0.569. The van der Waals surface area contributed by atoms with Gasteiger partial charge in [-0.05, 0) is 56.2 Å². The second-order valence-corrected chi connectivity index (χ2v) is 9.31. The van der Waals surface area contributed by atoms with Crippen molar-refractivity contribution in [1.82, 2.24) is 10.3 Å². The number of ether oxygens (including phenoxy) is 3. The molecular formula is C26H28Cl2N2O4. The van der Waals surface area contributed by atoms with Crippen molar-refractivity contribution >= 4 is 29.1 Å². The van der Waals surface area contributed by atoms with Crippen molar-refractivity contribution in [2.75, 3.05) is 20.3 Å². The number of methoxy groups -OCH3 is 1. The first-order chi connectivity index (χ1) is 16.2. The number of carbonyl (C=O) groups is 1. The Hall–Kier alpha value is -2.80. The van der Waals surface area contributed by atoms with Gasteiger partial charge in [0, 0.05) is 25.4 Å². The Labute approximate surface area is 210 Å². The Morgan fingerprint density at radius 3 is 2.44 bits per heavy atom. The lowest BCUT2D eigenvalue weighted by atomic mass is 10.0. The van der Waals surface area contributed by atoms with Crippen LogP contribution in [0.5, 0.6) is 11.6 Å². The average Bonchev–Trinajstić information content (AvgIpc) is 2.79. The number of aromatic nitrogens is 1. The molecule has 3 aromatic rings. The molecule has 0 aliphatic heterocycles. The summed E-state index contributed by atoms with van der Waals surface area (Å²) in [6.45, 7) is 6.97. The summed E-state index contributed by atoms with van der Waals surface area (Å²) in [5, 5.41) is 3.28. The monoisotopic (exact) mass is 502 g/mol. The van der Waals surface area contributed by atoms with Gasteiger partial charge in [0.15, 0.2) is 0 Å². The molecule has 0 bridgehead atoms. The van der Waals surface area contributed by atoms with E-state index in [0.717, 1.165) is 16.7 Å². The summed E-state index contributed by atoms with van der Waals surface area (Å²) in [6, 6.07) is 14.9. The fourth-order valence-electron chi connectivity index (χ4n) is 3.14. The van der Waals surface area contributed by atoms with E-state index in [9.17, 15) is 4.79 Å². The highest BCUT2D eigenvalue weighted by Crippen LogP contribution is 2.34. The normalized spacial score (nSPS) is 11.2. The summed E-state index contributed by atoms with van der Waals surface area (Å²) in [7, 11) is 1.58. The number of nitrogens with zero attached hydrogens (tertiary/aromatic N) is 1. The SMILES string of the molecule is COCCOc1ccc(Cl)c(C(=O)NCc2ccc(-c3cccnc3OC(C)(C)C)cc2)c1Cl. The fourth-order valence-corrected chi connectivity index (χ4v) is 3.74. The molecule has 0 aliphatic rings. The molecule has 1 aromatic heterocycles. The summed E-state index contributed by atoms with van der Waals surface area (Å²) >= 11 is 12.6. The lowest BCUT2D eigenvalue weighted by Gasteiger charge is -2.22. The van der Waals surface area contributed by atoms with E-state index in [1.54, 1.807) is 25.4 Å². The summed E-state index contributed by atoms with van der Waals surface area (Å²) < 4.78 is 16.5. The number of benzene rings is 2. The van der Waals surface area contributed by atoms with E-state index in [1.807, 2.05) is 57.2 Å². The van der Waals surface area contributed by atoms with Crippen molar-refractivity contribution in [3.05, 3.63) is 75.9 Å². The van der Waals surface area contributed by atoms with E-state index in [-0.39, 0.29) is 27.1 Å². The Balaban J connectivity index is 1.70. The zero-order chi connectivity index (χ0) is 24.7. The van der Waals surface area contributed by atoms with Crippen molar-refractivity contribution in [1.29, 1.82) is 0 Å². The van der Waals surface area contributed by atoms with Gasteiger partial charge in [-0.3, -0.25) is 4.79 Å². The minimum Gasteiger partial charge on any atom is -0.490 e. The van der Waals surface area contributed by atoms with Gasteiger partial charge in [0.25, 0.3) is 5.91 Å². The van der Waals surface area contributed by atoms with Crippen molar-refractivity contribution < 1.29 is 19.0 Å². The topological polar surface area (TPSA) is 69.7 Å². The van der Waals surface area contributed by atoms with Crippen molar-refractivity contribution in [2.24, 2.45) is 0 Å². The van der Waals surface area contributed by atoms with Gasteiger partial charge < -0.3 is 19.5 Å². The second-order valence-electron chi connectivity index (χ2n) is 8.53. The highest BCUT2D eigenvalue weighted by molar-refractivity contribution is 6.40. The van der Waals surface area contributed by atoms with Crippen molar-refractivity contribution in [3.8, 4) is 22.8 Å². The fraction of sp³-hybridized carbons (Fsp3) is 0.308. The Morgan fingerprint density at radius 2 is 1.76 bits per heavy atom. The summed E-state index contributed by atoms with van der Waals surface area (Å²) in [5.41, 5.74) is 2.60. The number of nitrogens with one attached hydrogen (secondary N) is 1. The first-order valence-electron chi connectivity index (χ1n) is 10.8. The number of carbonyl (C=O) groups excluding carboxylic acids is 1. The number of halogens is 2. The molecule has 1 N–H and O–H groups in total. The van der Waals surface area contributed by atoms with Crippen LogP contribution in [0.2, 0.25) is 10.0 Å². The minimum absolute atomic E-state index is 0.166. The van der Waals surface area contributed by atoms with Gasteiger partial charge >= 0.3 is 0 Å². The van der Waals surface area contributed by atoms with Crippen LogP contribution in [0, 0.1) is 0 Å². The summed E-state index contributed by atoms with van der Waals surface area (Å²) in [4.78, 5) is 17.2. The van der Waals surface area contributed by atoms with E-state index in [0.29, 0.717) is 31.4 Å². The standard InChI is InChI=1S/C26H28Cl2N2O4/c1-26(2,3)34-25-19(6-5-13-29-25)18-9-7-17(8-10-18)16-30-24(31)22-20(27)11-12-21(23(22)28)33-15-14-32-4/h5-13H,14-16H2,1-4H3,(H,30,31). The number of pyridine rings is 1. The van der Waals surface area contributed by atoms with Gasteiger partial charge in [-0.15, -0.1) is 0 Å². The first-order valence-corrected chi connectivity index (χ1v) is 11.6. The molecule has 6 nitrogen and oxygen atoms in total. The molecule has 3 rings (SSSR count). The largest absolute Gasteiger partial charge is 0.490 e. The van der Waals surface area contributed by atoms with Crippen molar-refractivity contribution in [3.63, 3.8) is 0 Å². The smallest absolute Gasteiger partial charge is 0.254 e. The number of hydrogen-bond donors (Lipinski definition) is 1. The number of rotatable bonds is 9. The van der Waals surface area contributed by atoms with Gasteiger partial charge in [0.2, 0.25) is 5.88 Å². The maximum atomic E-state index is 12.8. The molecule has 2 aromatic carbocycles.